The summed E-state index contributed by atoms with van der Waals surface area (Å²) in [4.78, 5) is 2.93. The topological polar surface area (TPSA) is 15.3 Å². The van der Waals surface area contributed by atoms with Gasteiger partial charge in [0.05, 0.1) is 0 Å². The molecule has 1 unspecified atom stereocenters. The summed E-state index contributed by atoms with van der Waals surface area (Å²) in [6.45, 7) is 6.27. The fraction of sp³-hybridized carbons (Fsp3) is 1.00. The van der Waals surface area contributed by atoms with Gasteiger partial charge < -0.3 is 5.32 Å². The Labute approximate surface area is 132 Å². The summed E-state index contributed by atoms with van der Waals surface area (Å²) in [6, 6.07) is 0.767. The first-order chi connectivity index (χ1) is 10.3. The third kappa shape index (κ3) is 3.47. The van der Waals surface area contributed by atoms with E-state index in [9.17, 15) is 0 Å². The average molecular weight is 293 g/mol. The lowest BCUT2D eigenvalue weighted by atomic mass is 9.74. The molecule has 0 radical (unpaired) electrons. The zero-order valence-electron chi connectivity index (χ0n) is 14.2. The predicted octanol–water partition coefficient (Wildman–Crippen LogP) is 4.34. The number of hydrogen-bond acceptors (Lipinski definition) is 2. The monoisotopic (exact) mass is 292 g/mol. The molecule has 1 saturated heterocycles. The summed E-state index contributed by atoms with van der Waals surface area (Å²) in [7, 11) is 0. The molecule has 2 nitrogen and oxygen atoms in total. The van der Waals surface area contributed by atoms with Gasteiger partial charge in [-0.3, -0.25) is 4.90 Å². The summed E-state index contributed by atoms with van der Waals surface area (Å²) in [5.41, 5.74) is 0.519. The lowest BCUT2D eigenvalue weighted by Crippen LogP contribution is -2.61. The van der Waals surface area contributed by atoms with Crippen LogP contribution in [0.2, 0.25) is 0 Å². The Bertz CT molecular complexity index is 299. The number of hydrogen-bond donors (Lipinski definition) is 1. The van der Waals surface area contributed by atoms with E-state index in [1.807, 2.05) is 0 Å². The van der Waals surface area contributed by atoms with Crippen molar-refractivity contribution in [2.45, 2.75) is 95.6 Å². The molecule has 0 aromatic carbocycles. The summed E-state index contributed by atoms with van der Waals surface area (Å²) in [5.74, 6) is 1.03. The molecule has 0 bridgehead atoms. The van der Waals surface area contributed by atoms with Gasteiger partial charge in [0.1, 0.15) is 0 Å². The normalized spacial score (nSPS) is 28.4. The first-order valence-electron chi connectivity index (χ1n) is 9.83. The molecule has 0 amide bonds. The molecular weight excluding hydrogens is 256 g/mol. The molecule has 21 heavy (non-hydrogen) atoms. The Balaban J connectivity index is 1.72. The Hall–Kier alpha value is -0.0800. The van der Waals surface area contributed by atoms with Crippen LogP contribution in [0.3, 0.4) is 0 Å². The highest BCUT2D eigenvalue weighted by atomic mass is 15.2. The summed E-state index contributed by atoms with van der Waals surface area (Å²) in [6.07, 6.45) is 17.4. The van der Waals surface area contributed by atoms with Crippen LogP contribution in [-0.4, -0.2) is 36.1 Å². The molecule has 1 N–H and O–H groups in total. The number of nitrogens with zero attached hydrogens (tertiary/aromatic N) is 1. The van der Waals surface area contributed by atoms with Crippen LogP contribution in [0.5, 0.6) is 0 Å². The molecule has 3 rings (SSSR count). The maximum Gasteiger partial charge on any atom is 0.0362 e. The van der Waals surface area contributed by atoms with E-state index < -0.39 is 0 Å². The van der Waals surface area contributed by atoms with Crippen LogP contribution >= 0.6 is 0 Å². The van der Waals surface area contributed by atoms with Gasteiger partial charge in [-0.05, 0) is 64.1 Å². The molecule has 3 aliphatic rings. The van der Waals surface area contributed by atoms with Gasteiger partial charge in [0.15, 0.2) is 0 Å². The van der Waals surface area contributed by atoms with Gasteiger partial charge in [-0.25, -0.2) is 0 Å². The maximum absolute atomic E-state index is 4.01. The van der Waals surface area contributed by atoms with Crippen molar-refractivity contribution in [1.29, 1.82) is 0 Å². The van der Waals surface area contributed by atoms with Crippen molar-refractivity contribution in [2.24, 2.45) is 5.92 Å². The molecule has 2 aliphatic carbocycles. The van der Waals surface area contributed by atoms with Gasteiger partial charge in [-0.15, -0.1) is 0 Å². The lowest BCUT2D eigenvalue weighted by molar-refractivity contribution is 0.0240. The summed E-state index contributed by atoms with van der Waals surface area (Å²) in [5, 5.41) is 4.01. The van der Waals surface area contributed by atoms with Crippen molar-refractivity contribution in [2.75, 3.05) is 19.6 Å². The van der Waals surface area contributed by atoms with Gasteiger partial charge >= 0.3 is 0 Å². The van der Waals surface area contributed by atoms with Crippen LogP contribution in [0.15, 0.2) is 0 Å². The van der Waals surface area contributed by atoms with E-state index in [1.54, 1.807) is 0 Å². The van der Waals surface area contributed by atoms with Crippen molar-refractivity contribution in [3.05, 3.63) is 0 Å². The third-order valence-corrected chi connectivity index (χ3v) is 6.54. The highest BCUT2D eigenvalue weighted by Crippen LogP contribution is 2.43. The molecule has 3 fully saturated rings. The van der Waals surface area contributed by atoms with Gasteiger partial charge in [-0.2, -0.15) is 0 Å². The molecule has 1 heterocycles. The number of likely N-dealkylation sites (tertiary alicyclic amines) is 1. The molecule has 0 aromatic rings. The third-order valence-electron chi connectivity index (χ3n) is 6.54. The second-order valence-electron chi connectivity index (χ2n) is 7.90. The van der Waals surface area contributed by atoms with Crippen LogP contribution in [0.1, 0.15) is 84.0 Å². The van der Waals surface area contributed by atoms with Gasteiger partial charge in [0.2, 0.25) is 0 Å². The van der Waals surface area contributed by atoms with E-state index in [2.05, 4.69) is 17.1 Å². The summed E-state index contributed by atoms with van der Waals surface area (Å²) >= 11 is 0. The van der Waals surface area contributed by atoms with Gasteiger partial charge in [0, 0.05) is 11.6 Å². The van der Waals surface area contributed by atoms with Crippen molar-refractivity contribution >= 4 is 0 Å². The van der Waals surface area contributed by atoms with Crippen LogP contribution in [0.4, 0.5) is 0 Å². The first kappa shape index (κ1) is 15.8. The summed E-state index contributed by atoms with van der Waals surface area (Å²) < 4.78 is 0. The minimum absolute atomic E-state index is 0.519. The Morgan fingerprint density at radius 1 is 1.00 bits per heavy atom. The highest BCUT2D eigenvalue weighted by molar-refractivity contribution is 5.05. The van der Waals surface area contributed by atoms with E-state index in [4.69, 9.17) is 0 Å². The SMILES string of the molecule is CCCNC(CC1CCC1)C1(N2CCCCC2)CCCC1. The lowest BCUT2D eigenvalue weighted by Gasteiger charge is -2.50. The minimum Gasteiger partial charge on any atom is -0.312 e. The van der Waals surface area contributed by atoms with Crippen LogP contribution in [0.25, 0.3) is 0 Å². The van der Waals surface area contributed by atoms with E-state index in [-0.39, 0.29) is 0 Å². The zero-order chi connectivity index (χ0) is 14.5. The molecule has 1 aliphatic heterocycles. The van der Waals surface area contributed by atoms with E-state index >= 15 is 0 Å². The number of rotatable bonds is 7. The fourth-order valence-electron chi connectivity index (χ4n) is 5.08. The fourth-order valence-corrected chi connectivity index (χ4v) is 5.08. The van der Waals surface area contributed by atoms with Gasteiger partial charge in [-0.1, -0.05) is 45.4 Å². The first-order valence-corrected chi connectivity index (χ1v) is 9.83. The number of nitrogens with one attached hydrogen (secondary N) is 1. The van der Waals surface area contributed by atoms with Crippen molar-refractivity contribution in [3.63, 3.8) is 0 Å². The molecule has 2 saturated carbocycles. The van der Waals surface area contributed by atoms with Crippen LogP contribution in [-0.2, 0) is 0 Å². The van der Waals surface area contributed by atoms with Crippen LogP contribution in [0, 0.1) is 5.92 Å². The molecule has 2 heteroatoms. The Morgan fingerprint density at radius 2 is 1.71 bits per heavy atom. The quantitative estimate of drug-likeness (QED) is 0.751. The van der Waals surface area contributed by atoms with Crippen molar-refractivity contribution in [1.82, 2.24) is 10.2 Å². The molecule has 1 atom stereocenters. The number of piperidine rings is 1. The van der Waals surface area contributed by atoms with E-state index in [0.29, 0.717) is 5.54 Å². The maximum atomic E-state index is 4.01. The highest BCUT2D eigenvalue weighted by Gasteiger charge is 2.46. The largest absolute Gasteiger partial charge is 0.312 e. The minimum atomic E-state index is 0.519. The van der Waals surface area contributed by atoms with Gasteiger partial charge in [0.25, 0.3) is 0 Å². The second-order valence-corrected chi connectivity index (χ2v) is 7.90. The van der Waals surface area contributed by atoms with Crippen molar-refractivity contribution in [3.8, 4) is 0 Å². The van der Waals surface area contributed by atoms with E-state index in [1.165, 1.54) is 96.7 Å². The van der Waals surface area contributed by atoms with Crippen LogP contribution < -0.4 is 5.32 Å². The van der Waals surface area contributed by atoms with Crippen molar-refractivity contribution < 1.29 is 0 Å². The molecule has 0 spiro atoms. The standard InChI is InChI=1S/C19H36N2/c1-2-13-20-18(16-17-9-8-10-17)19(11-4-5-12-19)21-14-6-3-7-15-21/h17-18,20H,2-16H2,1H3. The second kappa shape index (κ2) is 7.46. The predicted molar refractivity (Wildman–Crippen MR) is 90.7 cm³/mol. The Kier molecular flexibility index (Phi) is 5.61. The molecular formula is C19H36N2. The zero-order valence-corrected chi connectivity index (χ0v) is 14.2. The van der Waals surface area contributed by atoms with E-state index in [0.717, 1.165) is 12.0 Å². The Morgan fingerprint density at radius 3 is 2.29 bits per heavy atom. The average Bonchev–Trinajstić information content (AvgIpc) is 2.97. The molecule has 0 aromatic heterocycles. The molecule has 122 valence electrons. The smallest absolute Gasteiger partial charge is 0.0362 e.